The summed E-state index contributed by atoms with van der Waals surface area (Å²) in [7, 11) is -4.67. The topological polar surface area (TPSA) is 322 Å². The zero-order valence-corrected chi connectivity index (χ0v) is 11.2. The zero-order chi connectivity index (χ0) is 17.6. The fraction of sp³-hybridized carbons (Fsp3) is 0. The first kappa shape index (κ1) is 23.1. The van der Waals surface area contributed by atoms with Crippen LogP contribution in [0.5, 0.6) is 0 Å². The Morgan fingerprint density at radius 2 is 0.762 bits per heavy atom. The van der Waals surface area contributed by atoms with Gasteiger partial charge in [-0.3, -0.25) is 52.4 Å². The summed E-state index contributed by atoms with van der Waals surface area (Å²) >= 11 is 0. The summed E-state index contributed by atoms with van der Waals surface area (Å²) in [5, 5.41) is 26.2. The average Bonchev–Trinajstić information content (AvgIpc) is 2.22. The molecule has 0 aliphatic heterocycles. The standard InChI is InChI=1S/2C2H8N6.H2O4S/c2*3-1(4)7-8-2(5)6;1-5(2,3)4/h2*(H4,3,4,7)(H4,5,6,8);(H2,1,2,3,4). The monoisotopic (exact) mass is 330 g/mol. The molecular weight excluding hydrogens is 312 g/mol. The van der Waals surface area contributed by atoms with Gasteiger partial charge in [-0.05, 0) is 0 Å². The van der Waals surface area contributed by atoms with E-state index in [2.05, 4.69) is 21.7 Å². The summed E-state index contributed by atoms with van der Waals surface area (Å²) in [6.45, 7) is 0. The summed E-state index contributed by atoms with van der Waals surface area (Å²) in [5.41, 5.74) is 27.6. The van der Waals surface area contributed by atoms with Crippen LogP contribution in [0.2, 0.25) is 0 Å². The van der Waals surface area contributed by atoms with Crippen LogP contribution in [0.1, 0.15) is 0 Å². The average molecular weight is 330 g/mol. The molecule has 0 spiro atoms. The Labute approximate surface area is 119 Å². The van der Waals surface area contributed by atoms with E-state index in [0.29, 0.717) is 0 Å². The molecule has 124 valence electrons. The smallest absolute Gasteiger partial charge is 0.369 e. The first-order chi connectivity index (χ1) is 9.25. The van der Waals surface area contributed by atoms with E-state index in [0.717, 1.165) is 0 Å². The van der Waals surface area contributed by atoms with E-state index < -0.39 is 10.4 Å². The summed E-state index contributed by atoms with van der Waals surface area (Å²) < 4.78 is 31.6. The predicted octanol–water partition coefficient (Wildman–Crippen LogP) is -4.92. The molecule has 0 saturated carbocycles. The van der Waals surface area contributed by atoms with Crippen molar-refractivity contribution in [2.75, 3.05) is 0 Å². The van der Waals surface area contributed by atoms with Crippen LogP contribution in [0.15, 0.2) is 0 Å². The fourth-order valence-corrected chi connectivity index (χ4v) is 0.269. The zero-order valence-electron chi connectivity index (χ0n) is 10.4. The Kier molecular flexibility index (Phi) is 13.2. The maximum atomic E-state index is 8.74. The van der Waals surface area contributed by atoms with Crippen molar-refractivity contribution in [1.82, 2.24) is 21.7 Å². The van der Waals surface area contributed by atoms with Crippen LogP contribution in [0.25, 0.3) is 0 Å². The highest BCUT2D eigenvalue weighted by molar-refractivity contribution is 7.79. The van der Waals surface area contributed by atoms with E-state index in [1.54, 1.807) is 0 Å². The maximum absolute atomic E-state index is 8.74. The Morgan fingerprint density at radius 1 is 0.667 bits per heavy atom. The molecule has 0 aromatic carbocycles. The second kappa shape index (κ2) is 12.0. The second-order valence-electron chi connectivity index (χ2n) is 2.60. The van der Waals surface area contributed by atoms with Gasteiger partial charge in [0.2, 0.25) is 23.8 Å². The summed E-state index contributed by atoms with van der Waals surface area (Å²) in [5.74, 6) is -1.11. The van der Waals surface area contributed by atoms with Crippen LogP contribution in [-0.4, -0.2) is 41.4 Å². The molecule has 0 amide bonds. The molecule has 21 heavy (non-hydrogen) atoms. The minimum Gasteiger partial charge on any atom is -0.369 e. The normalized spacial score (nSPS) is 8.48. The van der Waals surface area contributed by atoms with Crippen molar-refractivity contribution >= 4 is 34.2 Å². The highest BCUT2D eigenvalue weighted by Crippen LogP contribution is 1.59. The summed E-state index contributed by atoms with van der Waals surface area (Å²) in [6, 6.07) is 0. The number of nitrogens with two attached hydrogens (primary N) is 4. The highest BCUT2D eigenvalue weighted by atomic mass is 32.3. The maximum Gasteiger partial charge on any atom is 0.394 e. The molecule has 0 aliphatic rings. The van der Waals surface area contributed by atoms with Gasteiger partial charge in [0.05, 0.1) is 0 Å². The van der Waals surface area contributed by atoms with Crippen LogP contribution in [-0.2, 0) is 10.4 Å². The lowest BCUT2D eigenvalue weighted by molar-refractivity contribution is 0.381. The minimum absolute atomic E-state index is 0.278. The first-order valence-corrected chi connectivity index (χ1v) is 5.75. The lowest BCUT2D eigenvalue weighted by atomic mass is 11.0. The number of nitrogens with one attached hydrogen (secondary N) is 8. The third-order valence-corrected chi connectivity index (χ3v) is 0.664. The van der Waals surface area contributed by atoms with Gasteiger partial charge in [0.1, 0.15) is 0 Å². The van der Waals surface area contributed by atoms with Gasteiger partial charge in [0.15, 0.2) is 0 Å². The van der Waals surface area contributed by atoms with Crippen molar-refractivity contribution in [3.05, 3.63) is 0 Å². The molecule has 16 nitrogen and oxygen atoms in total. The van der Waals surface area contributed by atoms with Gasteiger partial charge in [-0.15, -0.1) is 0 Å². The summed E-state index contributed by atoms with van der Waals surface area (Å²) in [4.78, 5) is 0. The molecule has 0 aromatic heterocycles. The number of hydrogen-bond acceptors (Lipinski definition) is 6. The van der Waals surface area contributed by atoms with Crippen molar-refractivity contribution in [2.24, 2.45) is 22.9 Å². The Morgan fingerprint density at radius 3 is 0.810 bits per heavy atom. The molecule has 0 heterocycles. The van der Waals surface area contributed by atoms with E-state index in [4.69, 9.17) is 62.1 Å². The molecule has 0 rings (SSSR count). The van der Waals surface area contributed by atoms with Crippen LogP contribution >= 0.6 is 0 Å². The van der Waals surface area contributed by atoms with Gasteiger partial charge in [0, 0.05) is 0 Å². The van der Waals surface area contributed by atoms with Gasteiger partial charge < -0.3 is 22.9 Å². The molecule has 0 fully saturated rings. The third kappa shape index (κ3) is 78.4. The van der Waals surface area contributed by atoms with E-state index in [-0.39, 0.29) is 23.8 Å². The molecule has 0 bridgehead atoms. The van der Waals surface area contributed by atoms with E-state index in [1.165, 1.54) is 0 Å². The van der Waals surface area contributed by atoms with Crippen molar-refractivity contribution in [1.29, 1.82) is 21.6 Å². The predicted molar refractivity (Wildman–Crippen MR) is 74.4 cm³/mol. The van der Waals surface area contributed by atoms with Gasteiger partial charge in [-0.25, -0.2) is 0 Å². The molecular formula is C4H18N12O4S. The number of hydrogen-bond donors (Lipinski definition) is 14. The van der Waals surface area contributed by atoms with E-state index >= 15 is 0 Å². The van der Waals surface area contributed by atoms with Crippen molar-refractivity contribution in [3.63, 3.8) is 0 Å². The van der Waals surface area contributed by atoms with Crippen LogP contribution in [0.4, 0.5) is 0 Å². The molecule has 0 atom stereocenters. The van der Waals surface area contributed by atoms with Gasteiger partial charge in [0.25, 0.3) is 0 Å². The van der Waals surface area contributed by atoms with Crippen LogP contribution < -0.4 is 44.6 Å². The number of hydrazine groups is 2. The van der Waals surface area contributed by atoms with Gasteiger partial charge in [-0.1, -0.05) is 0 Å². The quantitative estimate of drug-likeness (QED) is 0.0858. The third-order valence-electron chi connectivity index (χ3n) is 0.664. The summed E-state index contributed by atoms with van der Waals surface area (Å²) in [6.07, 6.45) is 0. The molecule has 0 unspecified atom stereocenters. The highest BCUT2D eigenvalue weighted by Gasteiger charge is 1.85. The molecule has 0 saturated heterocycles. The Balaban J connectivity index is -0.000000239. The fourth-order valence-electron chi connectivity index (χ4n) is 0.269. The van der Waals surface area contributed by atoms with Crippen molar-refractivity contribution in [2.45, 2.75) is 0 Å². The first-order valence-electron chi connectivity index (χ1n) is 4.35. The van der Waals surface area contributed by atoms with Crippen molar-refractivity contribution < 1.29 is 17.5 Å². The lowest BCUT2D eigenvalue weighted by Crippen LogP contribution is -2.47. The van der Waals surface area contributed by atoms with Crippen molar-refractivity contribution in [3.8, 4) is 0 Å². The van der Waals surface area contributed by atoms with E-state index in [1.807, 2.05) is 0 Å². The molecule has 0 radical (unpaired) electrons. The van der Waals surface area contributed by atoms with Gasteiger partial charge in [-0.2, -0.15) is 8.42 Å². The molecule has 0 aromatic rings. The van der Waals surface area contributed by atoms with Gasteiger partial charge >= 0.3 is 10.4 Å². The molecule has 18 N–H and O–H groups in total. The second-order valence-corrected chi connectivity index (χ2v) is 3.50. The Hall–Kier alpha value is -3.05. The van der Waals surface area contributed by atoms with Crippen LogP contribution in [0, 0.1) is 21.6 Å². The SMILES string of the molecule is N=C(N)NNC(=N)N.N=C(N)NNC(=N)N.O=S(=O)(O)O. The number of rotatable bonds is 0. The minimum atomic E-state index is -4.67. The largest absolute Gasteiger partial charge is 0.394 e. The number of guanidine groups is 4. The Bertz CT molecular complexity index is 394. The lowest BCUT2D eigenvalue weighted by Gasteiger charge is -2.02. The molecule has 17 heteroatoms. The van der Waals surface area contributed by atoms with E-state index in [9.17, 15) is 0 Å². The van der Waals surface area contributed by atoms with Crippen LogP contribution in [0.3, 0.4) is 0 Å². The molecule has 0 aliphatic carbocycles.